The molecule has 0 aliphatic carbocycles. The molecule has 0 radical (unpaired) electrons. The van der Waals surface area contributed by atoms with Crippen LogP contribution in [0.2, 0.25) is 0 Å². The fourth-order valence-corrected chi connectivity index (χ4v) is 3.13. The number of nitrogens with zero attached hydrogens (tertiary/aromatic N) is 1. The fraction of sp³-hybridized carbons (Fsp3) is 0.500. The summed E-state index contributed by atoms with van der Waals surface area (Å²) in [5.74, 6) is -0.459. The second-order valence-corrected chi connectivity index (χ2v) is 5.85. The van der Waals surface area contributed by atoms with E-state index in [1.165, 1.54) is 18.2 Å². The maximum absolute atomic E-state index is 12.3. The number of rotatable bonds is 8. The molecule has 20 heavy (non-hydrogen) atoms. The Morgan fingerprint density at radius 3 is 2.25 bits per heavy atom. The first-order valence-corrected chi connectivity index (χ1v) is 7.77. The van der Waals surface area contributed by atoms with E-state index in [9.17, 15) is 18.5 Å². The van der Waals surface area contributed by atoms with Gasteiger partial charge in [-0.15, -0.1) is 0 Å². The van der Waals surface area contributed by atoms with Crippen LogP contribution in [0.4, 0.5) is 5.69 Å². The summed E-state index contributed by atoms with van der Waals surface area (Å²) < 4.78 is 34.8. The lowest BCUT2D eigenvalue weighted by molar-refractivity contribution is -0.387. The summed E-state index contributed by atoms with van der Waals surface area (Å²) >= 11 is 0. The van der Waals surface area contributed by atoms with Crippen LogP contribution in [0.5, 0.6) is 0 Å². The SMILES string of the molecule is CCOC(CS(=O)(=O)c1ccccc1[N+](=O)[O-])OCC. The molecule has 7 nitrogen and oxygen atoms in total. The van der Waals surface area contributed by atoms with Crippen LogP contribution in [0.3, 0.4) is 0 Å². The smallest absolute Gasteiger partial charge is 0.287 e. The normalized spacial score (nSPS) is 11.8. The molecule has 1 aromatic carbocycles. The molecule has 0 N–H and O–H groups in total. The zero-order valence-corrected chi connectivity index (χ0v) is 12.1. The van der Waals surface area contributed by atoms with Crippen LogP contribution in [0.1, 0.15) is 13.8 Å². The van der Waals surface area contributed by atoms with Crippen LogP contribution >= 0.6 is 0 Å². The molecule has 0 saturated carbocycles. The van der Waals surface area contributed by atoms with Crippen molar-refractivity contribution >= 4 is 15.5 Å². The van der Waals surface area contributed by atoms with Gasteiger partial charge in [-0.1, -0.05) is 12.1 Å². The van der Waals surface area contributed by atoms with Crippen LogP contribution < -0.4 is 0 Å². The van der Waals surface area contributed by atoms with E-state index in [0.717, 1.165) is 6.07 Å². The molecule has 0 aliphatic rings. The summed E-state index contributed by atoms with van der Waals surface area (Å²) in [5.41, 5.74) is -0.445. The van der Waals surface area contributed by atoms with Gasteiger partial charge in [-0.3, -0.25) is 10.1 Å². The molecular weight excluding hydrogens is 286 g/mol. The van der Waals surface area contributed by atoms with Crippen LogP contribution in [0, 0.1) is 10.1 Å². The Hall–Kier alpha value is -1.51. The molecule has 0 spiro atoms. The largest absolute Gasteiger partial charge is 0.352 e. The Balaban J connectivity index is 3.07. The number of sulfone groups is 1. The lowest BCUT2D eigenvalue weighted by atomic mass is 10.3. The topological polar surface area (TPSA) is 95.7 Å². The summed E-state index contributed by atoms with van der Waals surface area (Å²) in [6.45, 7) is 4.00. The predicted molar refractivity (Wildman–Crippen MR) is 72.2 cm³/mol. The third-order valence-corrected chi connectivity index (χ3v) is 4.18. The van der Waals surface area contributed by atoms with Crippen LogP contribution in [-0.2, 0) is 19.3 Å². The zero-order chi connectivity index (χ0) is 15.2. The van der Waals surface area contributed by atoms with Crippen molar-refractivity contribution < 1.29 is 22.8 Å². The number of benzene rings is 1. The highest BCUT2D eigenvalue weighted by atomic mass is 32.2. The summed E-state index contributed by atoms with van der Waals surface area (Å²) in [6.07, 6.45) is -0.935. The number of para-hydroxylation sites is 1. The molecule has 8 heteroatoms. The van der Waals surface area contributed by atoms with Crippen molar-refractivity contribution in [2.24, 2.45) is 0 Å². The molecular formula is C12H17NO6S. The van der Waals surface area contributed by atoms with Crippen molar-refractivity contribution in [3.05, 3.63) is 34.4 Å². The van der Waals surface area contributed by atoms with Crippen molar-refractivity contribution in [3.63, 3.8) is 0 Å². The molecule has 0 saturated heterocycles. The first-order valence-electron chi connectivity index (χ1n) is 6.11. The average Bonchev–Trinajstić information content (AvgIpc) is 2.39. The van der Waals surface area contributed by atoms with Crippen LogP contribution in [-0.4, -0.2) is 38.6 Å². The molecule has 0 fully saturated rings. The maximum atomic E-state index is 12.3. The van der Waals surface area contributed by atoms with Crippen molar-refractivity contribution in [3.8, 4) is 0 Å². The molecule has 0 unspecified atom stereocenters. The number of hydrogen-bond acceptors (Lipinski definition) is 6. The number of nitro groups is 1. The standard InChI is InChI=1S/C12H17NO6S/c1-3-18-12(19-4-2)9-20(16,17)11-8-6-5-7-10(11)13(14)15/h5-8,12H,3-4,9H2,1-2H3. The summed E-state index contributed by atoms with van der Waals surface area (Å²) in [4.78, 5) is 9.84. The third kappa shape index (κ3) is 4.26. The summed E-state index contributed by atoms with van der Waals surface area (Å²) in [5, 5.41) is 10.9. The van der Waals surface area contributed by atoms with Gasteiger partial charge in [0.25, 0.3) is 5.69 Å². The predicted octanol–water partition coefficient (Wildman–Crippen LogP) is 1.77. The van der Waals surface area contributed by atoms with Gasteiger partial charge in [-0.2, -0.15) is 0 Å². The van der Waals surface area contributed by atoms with E-state index in [2.05, 4.69) is 0 Å². The zero-order valence-electron chi connectivity index (χ0n) is 11.3. The molecule has 0 atom stereocenters. The van der Waals surface area contributed by atoms with Gasteiger partial charge in [0.2, 0.25) is 0 Å². The van der Waals surface area contributed by atoms with E-state index in [4.69, 9.17) is 9.47 Å². The van der Waals surface area contributed by atoms with Gasteiger partial charge in [0.15, 0.2) is 16.1 Å². The summed E-state index contributed by atoms with van der Waals surface area (Å²) in [7, 11) is -3.87. The Bertz CT molecular complexity index is 551. The second-order valence-electron chi connectivity index (χ2n) is 3.85. The average molecular weight is 303 g/mol. The van der Waals surface area contributed by atoms with Gasteiger partial charge in [0, 0.05) is 19.3 Å². The molecule has 1 aromatic rings. The molecule has 0 aromatic heterocycles. The highest BCUT2D eigenvalue weighted by molar-refractivity contribution is 7.91. The minimum Gasteiger partial charge on any atom is -0.352 e. The van der Waals surface area contributed by atoms with Crippen LogP contribution in [0.15, 0.2) is 29.2 Å². The van der Waals surface area contributed by atoms with E-state index in [1.54, 1.807) is 13.8 Å². The van der Waals surface area contributed by atoms with Crippen molar-refractivity contribution in [2.45, 2.75) is 25.0 Å². The maximum Gasteiger partial charge on any atom is 0.287 e. The molecule has 0 aliphatic heterocycles. The highest BCUT2D eigenvalue weighted by Gasteiger charge is 2.28. The monoisotopic (exact) mass is 303 g/mol. The van der Waals surface area contributed by atoms with Gasteiger partial charge >= 0.3 is 0 Å². The fourth-order valence-electron chi connectivity index (χ4n) is 1.66. The Morgan fingerprint density at radius 2 is 1.75 bits per heavy atom. The minimum absolute atomic E-state index is 0.289. The summed E-state index contributed by atoms with van der Waals surface area (Å²) in [6, 6.07) is 5.22. The van der Waals surface area contributed by atoms with E-state index < -0.39 is 32.5 Å². The molecule has 1 rings (SSSR count). The van der Waals surface area contributed by atoms with Gasteiger partial charge in [-0.05, 0) is 19.9 Å². The number of nitro benzene ring substituents is 1. The van der Waals surface area contributed by atoms with E-state index in [1.807, 2.05) is 0 Å². The van der Waals surface area contributed by atoms with Crippen molar-refractivity contribution in [1.82, 2.24) is 0 Å². The van der Waals surface area contributed by atoms with E-state index in [0.29, 0.717) is 0 Å². The molecule has 0 heterocycles. The lowest BCUT2D eigenvalue weighted by Gasteiger charge is -2.16. The van der Waals surface area contributed by atoms with E-state index >= 15 is 0 Å². The Morgan fingerprint density at radius 1 is 1.20 bits per heavy atom. The van der Waals surface area contributed by atoms with Gasteiger partial charge < -0.3 is 9.47 Å². The van der Waals surface area contributed by atoms with Crippen molar-refractivity contribution in [2.75, 3.05) is 19.0 Å². The quantitative estimate of drug-likeness (QED) is 0.412. The van der Waals surface area contributed by atoms with Gasteiger partial charge in [0.1, 0.15) is 10.6 Å². The Kier molecular flexibility index (Phi) is 6.05. The van der Waals surface area contributed by atoms with Gasteiger partial charge in [0.05, 0.1) is 4.92 Å². The third-order valence-electron chi connectivity index (χ3n) is 2.46. The molecule has 0 amide bonds. The lowest BCUT2D eigenvalue weighted by Crippen LogP contribution is -2.27. The molecule has 112 valence electrons. The number of hydrogen-bond donors (Lipinski definition) is 0. The minimum atomic E-state index is -3.87. The van der Waals surface area contributed by atoms with E-state index in [-0.39, 0.29) is 18.1 Å². The first-order chi connectivity index (χ1) is 9.42. The Labute approximate surface area is 117 Å². The molecule has 0 bridgehead atoms. The number of ether oxygens (including phenoxy) is 2. The second kappa shape index (κ2) is 7.32. The van der Waals surface area contributed by atoms with Crippen LogP contribution in [0.25, 0.3) is 0 Å². The van der Waals surface area contributed by atoms with Gasteiger partial charge in [-0.25, -0.2) is 8.42 Å². The highest BCUT2D eigenvalue weighted by Crippen LogP contribution is 2.24. The first kappa shape index (κ1) is 16.5. The van der Waals surface area contributed by atoms with Crippen molar-refractivity contribution in [1.29, 1.82) is 0 Å².